The van der Waals surface area contributed by atoms with E-state index in [2.05, 4.69) is 10.0 Å². The molecule has 2 N–H and O–H groups in total. The van der Waals surface area contributed by atoms with Gasteiger partial charge in [0.15, 0.2) is 0 Å². The molecule has 0 radical (unpaired) electrons. The smallest absolute Gasteiger partial charge is 0.261 e. The van der Waals surface area contributed by atoms with Crippen LogP contribution in [0.3, 0.4) is 0 Å². The van der Waals surface area contributed by atoms with E-state index in [4.69, 9.17) is 4.74 Å². The van der Waals surface area contributed by atoms with Crippen molar-refractivity contribution in [2.75, 3.05) is 17.1 Å². The second-order valence-corrected chi connectivity index (χ2v) is 8.43. The van der Waals surface area contributed by atoms with Crippen molar-refractivity contribution >= 4 is 27.3 Å². The molecule has 0 aromatic heterocycles. The first-order valence-corrected chi connectivity index (χ1v) is 11.0. The van der Waals surface area contributed by atoms with Crippen molar-refractivity contribution in [2.24, 2.45) is 0 Å². The number of sulfonamides is 1. The average molecular weight is 425 g/mol. The summed E-state index contributed by atoms with van der Waals surface area (Å²) in [5.74, 6) is 0.0232. The highest BCUT2D eigenvalue weighted by molar-refractivity contribution is 7.92. The number of hydrogen-bond acceptors (Lipinski definition) is 4. The van der Waals surface area contributed by atoms with Gasteiger partial charge in [0.1, 0.15) is 5.75 Å². The minimum atomic E-state index is -3.86. The largest absolute Gasteiger partial charge is 0.495 e. The van der Waals surface area contributed by atoms with E-state index >= 15 is 0 Å². The van der Waals surface area contributed by atoms with E-state index in [-0.39, 0.29) is 16.5 Å². The minimum absolute atomic E-state index is 0.0225. The van der Waals surface area contributed by atoms with Gasteiger partial charge in [-0.1, -0.05) is 43.3 Å². The Morgan fingerprint density at radius 2 is 1.67 bits per heavy atom. The lowest BCUT2D eigenvalue weighted by Crippen LogP contribution is -2.17. The van der Waals surface area contributed by atoms with Crippen molar-refractivity contribution in [3.05, 3.63) is 83.4 Å². The summed E-state index contributed by atoms with van der Waals surface area (Å²) in [4.78, 5) is 12.7. The molecule has 0 heterocycles. The van der Waals surface area contributed by atoms with E-state index in [0.717, 1.165) is 11.1 Å². The Morgan fingerprint density at radius 3 is 2.37 bits per heavy atom. The molecule has 1 amide bonds. The van der Waals surface area contributed by atoms with Gasteiger partial charge in [0, 0.05) is 5.56 Å². The van der Waals surface area contributed by atoms with Gasteiger partial charge in [-0.25, -0.2) is 8.42 Å². The highest BCUT2D eigenvalue weighted by atomic mass is 32.2. The molecule has 0 saturated heterocycles. The van der Waals surface area contributed by atoms with Crippen LogP contribution in [0, 0.1) is 6.92 Å². The van der Waals surface area contributed by atoms with Crippen LogP contribution in [0.15, 0.2) is 71.6 Å². The van der Waals surface area contributed by atoms with Crippen LogP contribution < -0.4 is 14.8 Å². The van der Waals surface area contributed by atoms with E-state index in [1.165, 1.54) is 25.3 Å². The number of aryl methyl sites for hydroxylation is 2. The number of carbonyl (C=O) groups excluding carboxylic acids is 1. The zero-order chi connectivity index (χ0) is 21.7. The minimum Gasteiger partial charge on any atom is -0.495 e. The van der Waals surface area contributed by atoms with Gasteiger partial charge in [0.05, 0.1) is 23.4 Å². The lowest BCUT2D eigenvalue weighted by atomic mass is 10.1. The Bertz CT molecular complexity index is 1170. The molecule has 3 aromatic carbocycles. The Morgan fingerprint density at radius 1 is 0.967 bits per heavy atom. The predicted molar refractivity (Wildman–Crippen MR) is 119 cm³/mol. The number of ether oxygens (including phenoxy) is 1. The zero-order valence-electron chi connectivity index (χ0n) is 17.1. The first-order valence-electron chi connectivity index (χ1n) is 9.51. The number of para-hydroxylation sites is 1. The second kappa shape index (κ2) is 9.00. The molecule has 0 saturated carbocycles. The topological polar surface area (TPSA) is 84.5 Å². The van der Waals surface area contributed by atoms with Crippen LogP contribution in [0.4, 0.5) is 11.4 Å². The molecule has 0 aliphatic carbocycles. The number of benzene rings is 3. The maximum absolute atomic E-state index is 13.0. The van der Waals surface area contributed by atoms with Gasteiger partial charge in [-0.2, -0.15) is 0 Å². The maximum atomic E-state index is 13.0. The highest BCUT2D eigenvalue weighted by Crippen LogP contribution is 2.29. The van der Waals surface area contributed by atoms with Gasteiger partial charge in [-0.3, -0.25) is 9.52 Å². The molecule has 0 aliphatic heterocycles. The quantitative estimate of drug-likeness (QED) is 0.580. The van der Waals surface area contributed by atoms with Crippen molar-refractivity contribution in [3.8, 4) is 5.75 Å². The summed E-state index contributed by atoms with van der Waals surface area (Å²) in [6.45, 7) is 3.79. The van der Waals surface area contributed by atoms with Gasteiger partial charge in [-0.05, 0) is 54.8 Å². The predicted octanol–water partition coefficient (Wildman–Crippen LogP) is 4.62. The summed E-state index contributed by atoms with van der Waals surface area (Å²) >= 11 is 0. The third kappa shape index (κ3) is 4.63. The molecule has 0 spiro atoms. The van der Waals surface area contributed by atoms with Crippen LogP contribution in [-0.2, 0) is 16.4 Å². The fraction of sp³-hybridized carbons (Fsp3) is 0.174. The number of nitrogens with one attached hydrogen (secondary N) is 2. The molecule has 7 heteroatoms. The standard InChI is InChI=1S/C23H24N2O4S/c1-4-17-10-6-8-12-20(17)25-30(27,28)18-13-14-22(29-3)21(15-18)24-23(26)19-11-7-5-9-16(19)2/h5-15,25H,4H2,1-3H3,(H,24,26). The number of carbonyl (C=O) groups is 1. The fourth-order valence-electron chi connectivity index (χ4n) is 3.10. The van der Waals surface area contributed by atoms with Crippen molar-refractivity contribution in [3.63, 3.8) is 0 Å². The number of hydrogen-bond donors (Lipinski definition) is 2. The molecular weight excluding hydrogens is 400 g/mol. The van der Waals surface area contributed by atoms with E-state index in [9.17, 15) is 13.2 Å². The highest BCUT2D eigenvalue weighted by Gasteiger charge is 2.19. The monoisotopic (exact) mass is 424 g/mol. The molecule has 0 bridgehead atoms. The number of amides is 1. The third-order valence-electron chi connectivity index (χ3n) is 4.76. The molecular formula is C23H24N2O4S. The van der Waals surface area contributed by atoms with Crippen LogP contribution in [0.5, 0.6) is 5.75 Å². The number of methoxy groups -OCH3 is 1. The lowest BCUT2D eigenvalue weighted by molar-refractivity contribution is 0.102. The maximum Gasteiger partial charge on any atom is 0.261 e. The van der Waals surface area contributed by atoms with Gasteiger partial charge in [0.25, 0.3) is 15.9 Å². The second-order valence-electron chi connectivity index (χ2n) is 6.75. The Hall–Kier alpha value is -3.32. The van der Waals surface area contributed by atoms with Crippen LogP contribution in [0.1, 0.15) is 28.4 Å². The average Bonchev–Trinajstić information content (AvgIpc) is 2.74. The van der Waals surface area contributed by atoms with Gasteiger partial charge in [-0.15, -0.1) is 0 Å². The first-order chi connectivity index (χ1) is 14.4. The third-order valence-corrected chi connectivity index (χ3v) is 6.12. The van der Waals surface area contributed by atoms with Crippen molar-refractivity contribution in [2.45, 2.75) is 25.2 Å². The molecule has 30 heavy (non-hydrogen) atoms. The summed E-state index contributed by atoms with van der Waals surface area (Å²) in [7, 11) is -2.40. The summed E-state index contributed by atoms with van der Waals surface area (Å²) in [5.41, 5.74) is 3.01. The zero-order valence-corrected chi connectivity index (χ0v) is 17.9. The van der Waals surface area contributed by atoms with Gasteiger partial charge in [0.2, 0.25) is 0 Å². The fourth-order valence-corrected chi connectivity index (χ4v) is 4.23. The SMILES string of the molecule is CCc1ccccc1NS(=O)(=O)c1ccc(OC)c(NC(=O)c2ccccc2C)c1. The van der Waals surface area contributed by atoms with E-state index in [1.54, 1.807) is 24.3 Å². The normalized spacial score (nSPS) is 11.0. The first kappa shape index (κ1) is 21.4. The summed E-state index contributed by atoms with van der Waals surface area (Å²) in [6, 6.07) is 18.8. The lowest BCUT2D eigenvalue weighted by Gasteiger charge is -2.15. The van der Waals surface area contributed by atoms with Gasteiger partial charge < -0.3 is 10.1 Å². The molecule has 6 nitrogen and oxygen atoms in total. The molecule has 156 valence electrons. The van der Waals surface area contributed by atoms with E-state index in [0.29, 0.717) is 23.4 Å². The van der Waals surface area contributed by atoms with Crippen molar-refractivity contribution in [1.82, 2.24) is 0 Å². The summed E-state index contributed by atoms with van der Waals surface area (Å²) in [5, 5.41) is 2.76. The number of rotatable bonds is 7. The van der Waals surface area contributed by atoms with Crippen LogP contribution in [0.25, 0.3) is 0 Å². The molecule has 0 unspecified atom stereocenters. The summed E-state index contributed by atoms with van der Waals surface area (Å²) in [6.07, 6.45) is 0.693. The number of anilines is 2. The van der Waals surface area contributed by atoms with Crippen LogP contribution in [0.2, 0.25) is 0 Å². The van der Waals surface area contributed by atoms with E-state index in [1.807, 2.05) is 38.1 Å². The van der Waals surface area contributed by atoms with Crippen LogP contribution >= 0.6 is 0 Å². The Labute approximate surface area is 177 Å². The summed E-state index contributed by atoms with van der Waals surface area (Å²) < 4.78 is 33.9. The van der Waals surface area contributed by atoms with E-state index < -0.39 is 10.0 Å². The molecule has 0 aliphatic rings. The Kier molecular flexibility index (Phi) is 6.42. The molecule has 0 fully saturated rings. The van der Waals surface area contributed by atoms with Crippen molar-refractivity contribution in [1.29, 1.82) is 0 Å². The molecule has 3 aromatic rings. The van der Waals surface area contributed by atoms with Gasteiger partial charge >= 0.3 is 0 Å². The Balaban J connectivity index is 1.93. The van der Waals surface area contributed by atoms with Crippen LogP contribution in [-0.4, -0.2) is 21.4 Å². The van der Waals surface area contributed by atoms with Crippen molar-refractivity contribution < 1.29 is 17.9 Å². The molecule has 3 rings (SSSR count). The molecule has 0 atom stereocenters.